The van der Waals surface area contributed by atoms with E-state index in [-0.39, 0.29) is 17.3 Å². The summed E-state index contributed by atoms with van der Waals surface area (Å²) in [7, 11) is 0. The molecule has 0 aromatic heterocycles. The van der Waals surface area contributed by atoms with Crippen molar-refractivity contribution in [1.82, 2.24) is 0 Å². The molecule has 1 aromatic rings. The highest BCUT2D eigenvalue weighted by atomic mass is 16.1. The number of allylic oxidation sites excluding steroid dienone is 5. The minimum absolute atomic E-state index is 0.168. The number of carbonyl (C=O) groups excluding carboxylic acids is 1. The first kappa shape index (κ1) is 14.6. The van der Waals surface area contributed by atoms with Crippen LogP contribution in [0.4, 0.5) is 0 Å². The van der Waals surface area contributed by atoms with E-state index in [4.69, 9.17) is 0 Å². The van der Waals surface area contributed by atoms with Gasteiger partial charge in [-0.15, -0.1) is 0 Å². The van der Waals surface area contributed by atoms with Gasteiger partial charge in [0.1, 0.15) is 12.0 Å². The Morgan fingerprint density at radius 3 is 2.78 bits per heavy atom. The van der Waals surface area contributed by atoms with E-state index in [9.17, 15) is 10.1 Å². The van der Waals surface area contributed by atoms with Gasteiger partial charge in [0.25, 0.3) is 5.91 Å². The van der Waals surface area contributed by atoms with Crippen molar-refractivity contribution in [3.05, 3.63) is 77.9 Å². The van der Waals surface area contributed by atoms with Crippen LogP contribution >= 0.6 is 0 Å². The lowest BCUT2D eigenvalue weighted by Crippen LogP contribution is -2.27. The molecule has 1 heterocycles. The van der Waals surface area contributed by atoms with E-state index in [0.29, 0.717) is 5.71 Å². The second kappa shape index (κ2) is 6.63. The monoisotopic (exact) mass is 299 g/mol. The molecule has 1 amide bonds. The number of aliphatic imine (C=N–C) groups is 2. The number of hydrogen-bond acceptors (Lipinski definition) is 3. The van der Waals surface area contributed by atoms with Crippen LogP contribution in [0.15, 0.2) is 82.3 Å². The van der Waals surface area contributed by atoms with E-state index >= 15 is 0 Å². The fourth-order valence-corrected chi connectivity index (χ4v) is 2.27. The number of benzene rings is 1. The lowest BCUT2D eigenvalue weighted by Gasteiger charge is -2.17. The normalized spacial score (nSPS) is 20.0. The fourth-order valence-electron chi connectivity index (χ4n) is 2.27. The molecule has 0 fully saturated rings. The number of amides is 1. The molecule has 3 rings (SSSR count). The first-order valence-electron chi connectivity index (χ1n) is 7.18. The zero-order valence-corrected chi connectivity index (χ0v) is 12.3. The summed E-state index contributed by atoms with van der Waals surface area (Å²) in [6.07, 6.45) is 12.4. The zero-order valence-electron chi connectivity index (χ0n) is 12.3. The molecule has 0 saturated carbocycles. The molecule has 1 unspecified atom stereocenters. The van der Waals surface area contributed by atoms with Crippen molar-refractivity contribution < 1.29 is 4.79 Å². The number of rotatable bonds is 3. The fraction of sp³-hybridized carbons (Fsp3) is 0.0526. The average molecular weight is 299 g/mol. The minimum atomic E-state index is -0.427. The first-order valence-corrected chi connectivity index (χ1v) is 7.18. The van der Waals surface area contributed by atoms with E-state index in [1.54, 1.807) is 30.4 Å². The number of amidine groups is 1. The van der Waals surface area contributed by atoms with E-state index < -0.39 is 5.92 Å². The molecule has 0 saturated heterocycles. The van der Waals surface area contributed by atoms with Gasteiger partial charge in [-0.2, -0.15) is 10.3 Å². The van der Waals surface area contributed by atoms with Gasteiger partial charge in [0, 0.05) is 0 Å². The molecule has 4 heteroatoms. The Bertz CT molecular complexity index is 846. The van der Waals surface area contributed by atoms with Gasteiger partial charge in [-0.05, 0) is 17.7 Å². The van der Waals surface area contributed by atoms with Gasteiger partial charge in [-0.1, -0.05) is 60.7 Å². The number of fused-ring (bicyclic) bond motifs is 1. The first-order chi connectivity index (χ1) is 11.3. The van der Waals surface area contributed by atoms with Crippen LogP contribution in [0.1, 0.15) is 5.56 Å². The van der Waals surface area contributed by atoms with Crippen molar-refractivity contribution in [3.8, 4) is 6.07 Å². The molecule has 1 aromatic carbocycles. The lowest BCUT2D eigenvalue weighted by atomic mass is 9.96. The van der Waals surface area contributed by atoms with Gasteiger partial charge in [0.2, 0.25) is 0 Å². The van der Waals surface area contributed by atoms with Gasteiger partial charge >= 0.3 is 0 Å². The Hall–Kier alpha value is -3.32. The quantitative estimate of drug-likeness (QED) is 0.635. The Labute approximate surface area is 134 Å². The summed E-state index contributed by atoms with van der Waals surface area (Å²) >= 11 is 0. The SMILES string of the molecule is N#C/C(=C\C=C\c1ccccc1)C1=NC(=O)C2C=CC=CC2=N1. The van der Waals surface area contributed by atoms with Crippen molar-refractivity contribution >= 4 is 23.5 Å². The average Bonchev–Trinajstić information content (AvgIpc) is 2.59. The van der Waals surface area contributed by atoms with Gasteiger partial charge in [-0.3, -0.25) is 4.79 Å². The summed E-state index contributed by atoms with van der Waals surface area (Å²) in [6, 6.07) is 11.8. The number of nitrogens with zero attached hydrogens (tertiary/aromatic N) is 3. The topological polar surface area (TPSA) is 65.6 Å². The molecule has 4 nitrogen and oxygen atoms in total. The second-order valence-electron chi connectivity index (χ2n) is 4.99. The molecule has 1 aliphatic carbocycles. The molecule has 0 spiro atoms. The summed E-state index contributed by atoms with van der Waals surface area (Å²) in [5.41, 5.74) is 1.91. The zero-order chi connectivity index (χ0) is 16.1. The maximum atomic E-state index is 12.0. The third kappa shape index (κ3) is 3.30. The summed E-state index contributed by atoms with van der Waals surface area (Å²) in [6.45, 7) is 0. The van der Waals surface area contributed by atoms with Crippen molar-refractivity contribution in [2.75, 3.05) is 0 Å². The molecule has 2 aliphatic rings. The summed E-state index contributed by atoms with van der Waals surface area (Å²) in [5, 5.41) is 9.31. The van der Waals surface area contributed by atoms with Crippen LogP contribution in [-0.2, 0) is 4.79 Å². The lowest BCUT2D eigenvalue weighted by molar-refractivity contribution is -0.118. The second-order valence-corrected chi connectivity index (χ2v) is 4.99. The predicted molar refractivity (Wildman–Crippen MR) is 90.8 cm³/mol. The van der Waals surface area contributed by atoms with Crippen LogP contribution in [0.5, 0.6) is 0 Å². The Morgan fingerprint density at radius 1 is 1.17 bits per heavy atom. The third-order valence-corrected chi connectivity index (χ3v) is 3.43. The van der Waals surface area contributed by atoms with Crippen LogP contribution in [-0.4, -0.2) is 17.5 Å². The van der Waals surface area contributed by atoms with Crippen LogP contribution in [0, 0.1) is 17.2 Å². The molecule has 0 radical (unpaired) electrons. The van der Waals surface area contributed by atoms with Crippen LogP contribution in [0.25, 0.3) is 6.08 Å². The molecule has 110 valence electrons. The van der Waals surface area contributed by atoms with Crippen molar-refractivity contribution in [1.29, 1.82) is 5.26 Å². The van der Waals surface area contributed by atoms with E-state index in [0.717, 1.165) is 5.56 Å². The van der Waals surface area contributed by atoms with Crippen LogP contribution in [0.3, 0.4) is 0 Å². The molecule has 23 heavy (non-hydrogen) atoms. The molecule has 1 atom stereocenters. The van der Waals surface area contributed by atoms with E-state index in [2.05, 4.69) is 16.1 Å². The molecular formula is C19H13N3O. The smallest absolute Gasteiger partial charge is 0.260 e. The molecular weight excluding hydrogens is 286 g/mol. The van der Waals surface area contributed by atoms with Crippen LogP contribution < -0.4 is 0 Å². The highest BCUT2D eigenvalue weighted by molar-refractivity contribution is 6.25. The third-order valence-electron chi connectivity index (χ3n) is 3.43. The molecule has 0 N–H and O–H groups in total. The maximum Gasteiger partial charge on any atom is 0.260 e. The highest BCUT2D eigenvalue weighted by Gasteiger charge is 2.27. The van der Waals surface area contributed by atoms with E-state index in [1.807, 2.05) is 42.5 Å². The summed E-state index contributed by atoms with van der Waals surface area (Å²) in [4.78, 5) is 20.3. The highest BCUT2D eigenvalue weighted by Crippen LogP contribution is 2.18. The standard InChI is InChI=1S/C19H13N3O/c20-13-15(10-6-9-14-7-2-1-3-8-14)18-21-17-12-5-4-11-16(17)19(23)22-18/h1-12,16H/b9-6+,15-10+. The van der Waals surface area contributed by atoms with Gasteiger partial charge in [0.15, 0.2) is 5.84 Å². The number of carbonyl (C=O) groups is 1. The van der Waals surface area contributed by atoms with Gasteiger partial charge in [0.05, 0.1) is 11.3 Å². The van der Waals surface area contributed by atoms with E-state index in [1.165, 1.54) is 0 Å². The molecule has 1 aliphatic heterocycles. The van der Waals surface area contributed by atoms with Gasteiger partial charge in [-0.25, -0.2) is 4.99 Å². The molecule has 0 bridgehead atoms. The van der Waals surface area contributed by atoms with Crippen molar-refractivity contribution in [2.24, 2.45) is 15.9 Å². The van der Waals surface area contributed by atoms with Crippen molar-refractivity contribution in [3.63, 3.8) is 0 Å². The Morgan fingerprint density at radius 2 is 2.00 bits per heavy atom. The Kier molecular flexibility index (Phi) is 4.21. The summed E-state index contributed by atoms with van der Waals surface area (Å²) < 4.78 is 0. The maximum absolute atomic E-state index is 12.0. The number of hydrogen-bond donors (Lipinski definition) is 0. The van der Waals surface area contributed by atoms with Gasteiger partial charge < -0.3 is 0 Å². The van der Waals surface area contributed by atoms with Crippen LogP contribution in [0.2, 0.25) is 0 Å². The summed E-state index contributed by atoms with van der Waals surface area (Å²) in [5.74, 6) is -0.552. The number of nitriles is 1. The minimum Gasteiger partial charge on any atom is -0.271 e. The Balaban J connectivity index is 1.86. The largest absolute Gasteiger partial charge is 0.271 e. The predicted octanol–water partition coefficient (Wildman–Crippen LogP) is 3.27. The van der Waals surface area contributed by atoms with Crippen molar-refractivity contribution in [2.45, 2.75) is 0 Å².